The molecule has 3 heteroatoms. The third-order valence-electron chi connectivity index (χ3n) is 2.95. The van der Waals surface area contributed by atoms with Crippen molar-refractivity contribution in [1.29, 1.82) is 0 Å². The molecule has 0 amide bonds. The number of benzene rings is 1. The zero-order valence-electron chi connectivity index (χ0n) is 8.69. The first-order valence-corrected chi connectivity index (χ1v) is 5.27. The molecule has 2 unspecified atom stereocenters. The van der Waals surface area contributed by atoms with E-state index < -0.39 is 12.0 Å². The first kappa shape index (κ1) is 10.2. The summed E-state index contributed by atoms with van der Waals surface area (Å²) in [4.78, 5) is 10.9. The average molecular weight is 204 g/mol. The van der Waals surface area contributed by atoms with Crippen molar-refractivity contribution in [3.05, 3.63) is 35.4 Å². The smallest absolute Gasteiger partial charge is 0.0587 e. The fraction of sp³-hybridized carbons (Fsp3) is 0.417. The van der Waals surface area contributed by atoms with Crippen molar-refractivity contribution in [2.75, 3.05) is 0 Å². The van der Waals surface area contributed by atoms with Crippen molar-refractivity contribution in [3.8, 4) is 0 Å². The number of carbonyl (C=O) groups is 1. The summed E-state index contributed by atoms with van der Waals surface area (Å²) in [6.45, 7) is 2.05. The van der Waals surface area contributed by atoms with Gasteiger partial charge in [0.1, 0.15) is 0 Å². The average Bonchev–Trinajstić information content (AvgIpc) is 2.27. The van der Waals surface area contributed by atoms with Crippen LogP contribution in [0, 0.1) is 0 Å². The highest BCUT2D eigenvalue weighted by atomic mass is 16.4. The second-order valence-corrected chi connectivity index (χ2v) is 3.90. The summed E-state index contributed by atoms with van der Waals surface area (Å²) < 4.78 is 0. The zero-order chi connectivity index (χ0) is 10.8. The van der Waals surface area contributed by atoms with Gasteiger partial charge in [-0.1, -0.05) is 31.2 Å². The molecule has 0 aliphatic carbocycles. The number of carboxylic acids is 1. The summed E-state index contributed by atoms with van der Waals surface area (Å²) in [6.07, 6.45) is 1.41. The molecule has 0 spiro atoms. The van der Waals surface area contributed by atoms with Crippen molar-refractivity contribution in [1.82, 2.24) is 5.32 Å². The van der Waals surface area contributed by atoms with E-state index in [2.05, 4.69) is 11.4 Å². The van der Waals surface area contributed by atoms with Crippen LogP contribution < -0.4 is 10.4 Å². The Labute approximate surface area is 89.1 Å². The molecular formula is C12H14NO2-. The van der Waals surface area contributed by atoms with E-state index in [1.165, 1.54) is 5.56 Å². The van der Waals surface area contributed by atoms with Crippen molar-refractivity contribution < 1.29 is 9.90 Å². The Morgan fingerprint density at radius 2 is 2.27 bits per heavy atom. The highest BCUT2D eigenvalue weighted by Gasteiger charge is 2.24. The predicted octanol–water partition coefficient (Wildman–Crippen LogP) is 0.402. The lowest BCUT2D eigenvalue weighted by atomic mass is 9.89. The molecule has 1 aliphatic rings. The minimum atomic E-state index is -1.01. The number of fused-ring (bicyclic) bond motifs is 1. The van der Waals surface area contributed by atoms with Crippen molar-refractivity contribution in [3.63, 3.8) is 0 Å². The van der Waals surface area contributed by atoms with Crippen LogP contribution in [0.5, 0.6) is 0 Å². The summed E-state index contributed by atoms with van der Waals surface area (Å²) in [5.41, 5.74) is 2.34. The van der Waals surface area contributed by atoms with Crippen LogP contribution in [0.1, 0.15) is 30.5 Å². The Hall–Kier alpha value is -1.35. The van der Waals surface area contributed by atoms with Crippen molar-refractivity contribution in [2.45, 2.75) is 31.8 Å². The Bertz CT molecular complexity index is 376. The van der Waals surface area contributed by atoms with Crippen LogP contribution >= 0.6 is 0 Å². The standard InChI is InChI=1S/C12H15NO2/c1-2-10-9-6-4-3-5-8(9)7-11(13-10)12(14)15/h3-6,10-11,13H,2,7H2,1H3,(H,14,15)/p-1. The zero-order valence-corrected chi connectivity index (χ0v) is 8.69. The molecule has 1 aromatic rings. The third-order valence-corrected chi connectivity index (χ3v) is 2.95. The first-order valence-electron chi connectivity index (χ1n) is 5.27. The van der Waals surface area contributed by atoms with E-state index in [4.69, 9.17) is 0 Å². The molecule has 1 N–H and O–H groups in total. The van der Waals surface area contributed by atoms with Gasteiger partial charge >= 0.3 is 0 Å². The normalized spacial score (nSPS) is 24.6. The maximum Gasteiger partial charge on any atom is 0.0587 e. The van der Waals surface area contributed by atoms with E-state index in [0.29, 0.717) is 6.42 Å². The second-order valence-electron chi connectivity index (χ2n) is 3.90. The Morgan fingerprint density at radius 1 is 1.53 bits per heavy atom. The fourth-order valence-corrected chi connectivity index (χ4v) is 2.16. The van der Waals surface area contributed by atoms with E-state index >= 15 is 0 Å². The predicted molar refractivity (Wildman–Crippen MR) is 55.1 cm³/mol. The van der Waals surface area contributed by atoms with E-state index in [1.807, 2.05) is 25.1 Å². The van der Waals surface area contributed by atoms with Crippen LogP contribution in [-0.2, 0) is 11.2 Å². The minimum absolute atomic E-state index is 0.137. The molecule has 0 fully saturated rings. The van der Waals surface area contributed by atoms with Crippen molar-refractivity contribution >= 4 is 5.97 Å². The molecule has 0 radical (unpaired) electrons. The maximum absolute atomic E-state index is 10.9. The van der Waals surface area contributed by atoms with Crippen LogP contribution in [0.15, 0.2) is 24.3 Å². The molecule has 1 aliphatic heterocycles. The van der Waals surface area contributed by atoms with Gasteiger partial charge in [0.2, 0.25) is 0 Å². The van der Waals surface area contributed by atoms with Gasteiger partial charge in [-0.3, -0.25) is 0 Å². The van der Waals surface area contributed by atoms with Crippen LogP contribution in [0.25, 0.3) is 0 Å². The molecule has 80 valence electrons. The lowest BCUT2D eigenvalue weighted by Gasteiger charge is -2.33. The molecule has 0 saturated heterocycles. The second kappa shape index (κ2) is 4.03. The lowest BCUT2D eigenvalue weighted by molar-refractivity contribution is -0.308. The third kappa shape index (κ3) is 1.88. The first-order chi connectivity index (χ1) is 7.22. The largest absolute Gasteiger partial charge is 0.548 e. The lowest BCUT2D eigenvalue weighted by Crippen LogP contribution is -2.50. The van der Waals surface area contributed by atoms with Crippen LogP contribution in [-0.4, -0.2) is 12.0 Å². The molecular weight excluding hydrogens is 190 g/mol. The van der Waals surface area contributed by atoms with Gasteiger partial charge in [0.15, 0.2) is 0 Å². The van der Waals surface area contributed by atoms with Gasteiger partial charge in [-0.05, 0) is 24.0 Å². The highest BCUT2D eigenvalue weighted by molar-refractivity contribution is 5.72. The number of hydrogen-bond acceptors (Lipinski definition) is 3. The van der Waals surface area contributed by atoms with E-state index in [1.54, 1.807) is 0 Å². The summed E-state index contributed by atoms with van der Waals surface area (Å²) in [7, 11) is 0. The molecule has 0 bridgehead atoms. The summed E-state index contributed by atoms with van der Waals surface area (Å²) in [5.74, 6) is -1.01. The van der Waals surface area contributed by atoms with Crippen LogP contribution in [0.2, 0.25) is 0 Å². The van der Waals surface area contributed by atoms with E-state index in [-0.39, 0.29) is 6.04 Å². The van der Waals surface area contributed by atoms with Gasteiger partial charge in [0.25, 0.3) is 0 Å². The molecule has 2 rings (SSSR count). The number of hydrogen-bond donors (Lipinski definition) is 1. The monoisotopic (exact) mass is 204 g/mol. The summed E-state index contributed by atoms with van der Waals surface area (Å²) >= 11 is 0. The fourth-order valence-electron chi connectivity index (χ4n) is 2.16. The number of rotatable bonds is 2. The SMILES string of the molecule is CCC1NC(C(=O)[O-])Cc2ccccc21. The number of nitrogens with one attached hydrogen (secondary N) is 1. The van der Waals surface area contributed by atoms with E-state index in [0.717, 1.165) is 12.0 Å². The maximum atomic E-state index is 10.9. The Balaban J connectivity index is 2.34. The summed E-state index contributed by atoms with van der Waals surface area (Å²) in [6, 6.07) is 7.57. The van der Waals surface area contributed by atoms with Crippen LogP contribution in [0.3, 0.4) is 0 Å². The van der Waals surface area contributed by atoms with E-state index in [9.17, 15) is 9.90 Å². The number of carbonyl (C=O) groups excluding carboxylic acids is 1. The molecule has 0 aromatic heterocycles. The number of carboxylic acid groups (broad SMARTS) is 1. The molecule has 15 heavy (non-hydrogen) atoms. The van der Waals surface area contributed by atoms with Gasteiger partial charge in [0.05, 0.1) is 12.0 Å². The van der Waals surface area contributed by atoms with Crippen molar-refractivity contribution in [2.24, 2.45) is 0 Å². The van der Waals surface area contributed by atoms with Gasteiger partial charge in [-0.2, -0.15) is 0 Å². The summed E-state index contributed by atoms with van der Waals surface area (Å²) in [5, 5.41) is 13.9. The van der Waals surface area contributed by atoms with Gasteiger partial charge < -0.3 is 15.2 Å². The topological polar surface area (TPSA) is 52.2 Å². The molecule has 0 saturated carbocycles. The van der Waals surface area contributed by atoms with Gasteiger partial charge in [-0.15, -0.1) is 0 Å². The van der Waals surface area contributed by atoms with Gasteiger partial charge in [0, 0.05) is 6.04 Å². The molecule has 2 atom stereocenters. The number of aliphatic carboxylic acids is 1. The Morgan fingerprint density at radius 3 is 2.93 bits per heavy atom. The highest BCUT2D eigenvalue weighted by Crippen LogP contribution is 2.26. The quantitative estimate of drug-likeness (QED) is 0.758. The van der Waals surface area contributed by atoms with Gasteiger partial charge in [-0.25, -0.2) is 0 Å². The molecule has 3 nitrogen and oxygen atoms in total. The Kier molecular flexibility index (Phi) is 2.73. The molecule has 1 aromatic carbocycles. The minimum Gasteiger partial charge on any atom is -0.548 e. The van der Waals surface area contributed by atoms with Crippen LogP contribution in [0.4, 0.5) is 0 Å². The molecule has 1 heterocycles.